The van der Waals surface area contributed by atoms with Gasteiger partial charge in [0.15, 0.2) is 0 Å². The molecule has 1 amide bonds. The SMILES string of the molecule is Cc1nc(-c2ccccc2)sc1C(=O)N1CCC(F)(F)C(=CCN2CCN(C)CC2)c2ccccc21.Cl.Cl. The molecule has 204 valence electrons. The number of alkyl halides is 2. The van der Waals surface area contributed by atoms with Crippen LogP contribution in [0.15, 0.2) is 60.7 Å². The molecule has 0 atom stereocenters. The van der Waals surface area contributed by atoms with Gasteiger partial charge in [0.25, 0.3) is 11.8 Å². The Morgan fingerprint density at radius 1 is 1.00 bits per heavy atom. The Balaban J connectivity index is 0.00000200. The summed E-state index contributed by atoms with van der Waals surface area (Å²) in [6.45, 7) is 5.77. The number of carbonyl (C=O) groups excluding carboxylic acids is 1. The molecule has 2 aliphatic heterocycles. The molecule has 38 heavy (non-hydrogen) atoms. The highest BCUT2D eigenvalue weighted by Crippen LogP contribution is 2.43. The van der Waals surface area contributed by atoms with Crippen LogP contribution in [0.4, 0.5) is 14.5 Å². The molecule has 10 heteroatoms. The summed E-state index contributed by atoms with van der Waals surface area (Å²) < 4.78 is 31.1. The standard InChI is InChI=1S/C28H30F2N4OS.2ClH/c1-20-25(36-26(31-20)21-8-4-3-5-9-21)27(35)34-15-13-28(29,30)23(22-10-6-7-11-24(22)34)12-14-33-18-16-32(2)17-19-33;;/h3-12H,13-19H2,1-2H3;2*1H. The first-order valence-corrected chi connectivity index (χ1v) is 13.1. The monoisotopic (exact) mass is 580 g/mol. The quantitative estimate of drug-likeness (QED) is 0.364. The molecular formula is C28H32Cl2F2N4OS. The molecule has 0 radical (unpaired) electrons. The maximum atomic E-state index is 15.5. The van der Waals surface area contributed by atoms with Crippen LogP contribution in [0.3, 0.4) is 0 Å². The zero-order valence-electron chi connectivity index (χ0n) is 21.4. The van der Waals surface area contributed by atoms with E-state index in [1.165, 1.54) is 16.2 Å². The number of thiazole rings is 1. The molecule has 0 bridgehead atoms. The van der Waals surface area contributed by atoms with Crippen molar-refractivity contribution in [3.05, 3.63) is 76.8 Å². The Morgan fingerprint density at radius 2 is 1.66 bits per heavy atom. The van der Waals surface area contributed by atoms with Gasteiger partial charge in [-0.15, -0.1) is 36.2 Å². The van der Waals surface area contributed by atoms with Gasteiger partial charge >= 0.3 is 0 Å². The molecule has 5 rings (SSSR count). The topological polar surface area (TPSA) is 39.7 Å². The van der Waals surface area contributed by atoms with Crippen LogP contribution >= 0.6 is 36.2 Å². The number of likely N-dealkylation sites (N-methyl/N-ethyl adjacent to an activating group) is 1. The summed E-state index contributed by atoms with van der Waals surface area (Å²) in [4.78, 5) is 24.8. The minimum Gasteiger partial charge on any atom is -0.307 e. The van der Waals surface area contributed by atoms with Crippen molar-refractivity contribution in [2.45, 2.75) is 19.3 Å². The minimum atomic E-state index is -3.03. The van der Waals surface area contributed by atoms with Gasteiger partial charge in [0.05, 0.1) is 11.4 Å². The Morgan fingerprint density at radius 3 is 2.37 bits per heavy atom. The van der Waals surface area contributed by atoms with Crippen molar-refractivity contribution in [2.75, 3.05) is 51.2 Å². The van der Waals surface area contributed by atoms with Crippen molar-refractivity contribution in [1.82, 2.24) is 14.8 Å². The smallest absolute Gasteiger partial charge is 0.275 e. The number of anilines is 1. The second-order valence-corrected chi connectivity index (χ2v) is 10.4. The first-order chi connectivity index (χ1) is 17.3. The average molecular weight is 582 g/mol. The summed E-state index contributed by atoms with van der Waals surface area (Å²) in [6, 6.07) is 16.7. The highest BCUT2D eigenvalue weighted by molar-refractivity contribution is 7.17. The molecule has 1 fully saturated rings. The van der Waals surface area contributed by atoms with E-state index in [4.69, 9.17) is 0 Å². The second kappa shape index (κ2) is 12.7. The predicted molar refractivity (Wildman–Crippen MR) is 156 cm³/mol. The minimum absolute atomic E-state index is 0. The van der Waals surface area contributed by atoms with Gasteiger partial charge in [-0.2, -0.15) is 0 Å². The van der Waals surface area contributed by atoms with E-state index >= 15 is 8.78 Å². The zero-order chi connectivity index (χ0) is 25.3. The van der Waals surface area contributed by atoms with Crippen LogP contribution in [0, 0.1) is 6.92 Å². The van der Waals surface area contributed by atoms with Crippen LogP contribution in [0.1, 0.15) is 27.3 Å². The fourth-order valence-electron chi connectivity index (χ4n) is 4.78. The van der Waals surface area contributed by atoms with E-state index in [9.17, 15) is 4.79 Å². The lowest BCUT2D eigenvalue weighted by Gasteiger charge is -2.32. The molecule has 0 unspecified atom stereocenters. The number of halogens is 4. The second-order valence-electron chi connectivity index (χ2n) is 9.45. The molecule has 1 saturated heterocycles. The number of rotatable bonds is 4. The number of hydrogen-bond donors (Lipinski definition) is 0. The van der Waals surface area contributed by atoms with Gasteiger partial charge in [0.2, 0.25) is 0 Å². The van der Waals surface area contributed by atoms with Gasteiger partial charge in [-0.1, -0.05) is 54.6 Å². The largest absolute Gasteiger partial charge is 0.307 e. The molecule has 5 nitrogen and oxygen atoms in total. The molecule has 1 aromatic heterocycles. The molecule has 0 N–H and O–H groups in total. The highest BCUT2D eigenvalue weighted by Gasteiger charge is 2.41. The van der Waals surface area contributed by atoms with E-state index in [0.29, 0.717) is 28.4 Å². The van der Waals surface area contributed by atoms with Gasteiger partial charge in [-0.05, 0) is 20.0 Å². The summed E-state index contributed by atoms with van der Waals surface area (Å²) in [6.07, 6.45) is 1.25. The van der Waals surface area contributed by atoms with E-state index in [1.807, 2.05) is 30.3 Å². The molecule has 3 aromatic rings. The number of amides is 1. The lowest BCUT2D eigenvalue weighted by Crippen LogP contribution is -2.44. The number of nitrogens with zero attached hydrogens (tertiary/aromatic N) is 4. The van der Waals surface area contributed by atoms with Gasteiger partial charge in [0, 0.05) is 62.4 Å². The Hall–Kier alpha value is -2.36. The Labute approximate surface area is 239 Å². The Bertz CT molecular complexity index is 1280. The van der Waals surface area contributed by atoms with Crippen molar-refractivity contribution in [3.63, 3.8) is 0 Å². The number of allylic oxidation sites excluding steroid dienone is 1. The molecule has 0 saturated carbocycles. The number of para-hydroxylation sites is 1. The summed E-state index contributed by atoms with van der Waals surface area (Å²) in [5.41, 5.74) is 2.51. The summed E-state index contributed by atoms with van der Waals surface area (Å²) in [5.74, 6) is -3.31. The van der Waals surface area contributed by atoms with Crippen LogP contribution < -0.4 is 4.90 Å². The number of carbonyl (C=O) groups is 1. The number of piperazine rings is 1. The fraction of sp³-hybridized carbons (Fsp3) is 0.357. The van der Waals surface area contributed by atoms with Gasteiger partial charge < -0.3 is 9.80 Å². The number of hydrogen-bond acceptors (Lipinski definition) is 5. The molecular weight excluding hydrogens is 549 g/mol. The zero-order valence-corrected chi connectivity index (χ0v) is 23.9. The van der Waals surface area contributed by atoms with Gasteiger partial charge in [-0.3, -0.25) is 9.69 Å². The van der Waals surface area contributed by atoms with E-state index < -0.39 is 12.3 Å². The summed E-state index contributed by atoms with van der Waals surface area (Å²) >= 11 is 1.31. The van der Waals surface area contributed by atoms with Crippen LogP contribution in [-0.4, -0.2) is 72.9 Å². The lowest BCUT2D eigenvalue weighted by atomic mass is 9.97. The summed E-state index contributed by atoms with van der Waals surface area (Å²) in [7, 11) is 2.07. The van der Waals surface area contributed by atoms with Crippen molar-refractivity contribution in [3.8, 4) is 10.6 Å². The van der Waals surface area contributed by atoms with Gasteiger partial charge in [-0.25, -0.2) is 13.8 Å². The third-order valence-electron chi connectivity index (χ3n) is 6.93. The highest BCUT2D eigenvalue weighted by atomic mass is 35.5. The number of aromatic nitrogens is 1. The predicted octanol–water partition coefficient (Wildman–Crippen LogP) is 6.28. The number of benzene rings is 2. The molecule has 2 aliphatic rings. The van der Waals surface area contributed by atoms with Crippen LogP contribution in [0.5, 0.6) is 0 Å². The van der Waals surface area contributed by atoms with Crippen LogP contribution in [-0.2, 0) is 0 Å². The third kappa shape index (κ3) is 6.26. The maximum Gasteiger partial charge on any atom is 0.275 e. The summed E-state index contributed by atoms with van der Waals surface area (Å²) in [5, 5.41) is 0.748. The molecule has 0 aliphatic carbocycles. The van der Waals surface area contributed by atoms with E-state index in [-0.39, 0.29) is 42.8 Å². The maximum absolute atomic E-state index is 15.5. The Kier molecular flexibility index (Phi) is 10.1. The van der Waals surface area contributed by atoms with Gasteiger partial charge in [0.1, 0.15) is 9.88 Å². The molecule has 3 heterocycles. The number of aryl methyl sites for hydroxylation is 1. The lowest BCUT2D eigenvalue weighted by molar-refractivity contribution is 0.0596. The van der Waals surface area contributed by atoms with Crippen molar-refractivity contribution in [1.29, 1.82) is 0 Å². The number of fused-ring (bicyclic) bond motifs is 1. The van der Waals surface area contributed by atoms with E-state index in [1.54, 1.807) is 37.3 Å². The first-order valence-electron chi connectivity index (χ1n) is 12.3. The van der Waals surface area contributed by atoms with E-state index in [2.05, 4.69) is 21.8 Å². The van der Waals surface area contributed by atoms with Crippen LogP contribution in [0.2, 0.25) is 0 Å². The average Bonchev–Trinajstić information content (AvgIpc) is 3.23. The normalized spacial score (nSPS) is 18.7. The molecule has 2 aromatic carbocycles. The fourth-order valence-corrected chi connectivity index (χ4v) is 5.80. The molecule has 0 spiro atoms. The van der Waals surface area contributed by atoms with Crippen molar-refractivity contribution >= 4 is 53.3 Å². The van der Waals surface area contributed by atoms with Crippen molar-refractivity contribution in [2.24, 2.45) is 0 Å². The first kappa shape index (κ1) is 30.2. The third-order valence-corrected chi connectivity index (χ3v) is 8.13. The van der Waals surface area contributed by atoms with Crippen LogP contribution in [0.25, 0.3) is 16.1 Å². The van der Waals surface area contributed by atoms with E-state index in [0.717, 1.165) is 36.8 Å². The van der Waals surface area contributed by atoms with Crippen molar-refractivity contribution < 1.29 is 13.6 Å².